The Labute approximate surface area is 242 Å². The predicted octanol–water partition coefficient (Wildman–Crippen LogP) is 6.00. The third-order valence-corrected chi connectivity index (χ3v) is 7.87. The molecule has 3 aromatic carbocycles. The number of hydrogen-bond donors (Lipinski definition) is 2. The lowest BCUT2D eigenvalue weighted by atomic mass is 10.0. The van der Waals surface area contributed by atoms with Gasteiger partial charge in [0.05, 0.1) is 13.2 Å². The van der Waals surface area contributed by atoms with E-state index in [0.29, 0.717) is 51.6 Å². The van der Waals surface area contributed by atoms with E-state index in [0.717, 1.165) is 12.7 Å². The molecule has 1 aliphatic heterocycles. The molecule has 0 bridgehead atoms. The molecule has 3 aromatic rings. The maximum Gasteiger partial charge on any atom is 0.473 e. The number of halogens is 1. The highest BCUT2D eigenvalue weighted by atomic mass is 35.5. The summed E-state index contributed by atoms with van der Waals surface area (Å²) in [6.45, 7) is 3.18. The molecule has 4 rings (SSSR count). The monoisotopic (exact) mass is 600 g/mol. The van der Waals surface area contributed by atoms with Gasteiger partial charge in [-0.1, -0.05) is 29.8 Å². The second kappa shape index (κ2) is 13.0. The quantitative estimate of drug-likeness (QED) is 0.238. The number of aryl methyl sites for hydroxylation is 2. The number of amides is 2. The Kier molecular flexibility index (Phi) is 9.63. The number of nitrogens with zero attached hydrogens (tertiary/aromatic N) is 1. The van der Waals surface area contributed by atoms with Gasteiger partial charge >= 0.3 is 13.8 Å². The Hall–Kier alpha value is -3.53. The van der Waals surface area contributed by atoms with Gasteiger partial charge in [-0.25, -0.2) is 9.36 Å². The van der Waals surface area contributed by atoms with Crippen molar-refractivity contribution in [3.63, 3.8) is 0 Å². The van der Waals surface area contributed by atoms with Crippen LogP contribution in [0.5, 0.6) is 0 Å². The Morgan fingerprint density at radius 1 is 1.05 bits per heavy atom. The molecule has 0 saturated heterocycles. The molecule has 0 spiro atoms. The number of rotatable bonds is 8. The van der Waals surface area contributed by atoms with Gasteiger partial charge in [0.15, 0.2) is 6.61 Å². The Morgan fingerprint density at radius 2 is 1.80 bits per heavy atom. The van der Waals surface area contributed by atoms with Crippen LogP contribution in [0.15, 0.2) is 60.7 Å². The molecule has 1 heterocycles. The summed E-state index contributed by atoms with van der Waals surface area (Å²) >= 11 is 6.25. The van der Waals surface area contributed by atoms with E-state index >= 15 is 0 Å². The minimum Gasteiger partial charge on any atom is -0.467 e. The fourth-order valence-electron chi connectivity index (χ4n) is 4.60. The van der Waals surface area contributed by atoms with Gasteiger partial charge in [-0.2, -0.15) is 0 Å². The first kappa shape index (κ1) is 30.4. The average molecular weight is 601 g/mol. The van der Waals surface area contributed by atoms with E-state index in [1.807, 2.05) is 19.1 Å². The zero-order chi connectivity index (χ0) is 29.7. The number of phosphoric ester groups is 1. The van der Waals surface area contributed by atoms with Crippen molar-refractivity contribution in [2.24, 2.45) is 0 Å². The molecule has 0 radical (unpaired) electrons. The van der Waals surface area contributed by atoms with E-state index in [-0.39, 0.29) is 18.2 Å². The summed E-state index contributed by atoms with van der Waals surface area (Å²) in [5, 5.41) is 3.23. The first-order valence-corrected chi connectivity index (χ1v) is 14.7. The number of carbonyl (C=O) groups is 3. The summed E-state index contributed by atoms with van der Waals surface area (Å²) in [7, 11) is -3.53. The molecule has 10 nitrogen and oxygen atoms in total. The van der Waals surface area contributed by atoms with Crippen molar-refractivity contribution in [1.82, 2.24) is 0 Å². The van der Waals surface area contributed by atoms with Gasteiger partial charge in [0.2, 0.25) is 0 Å². The van der Waals surface area contributed by atoms with Gasteiger partial charge in [0, 0.05) is 39.6 Å². The van der Waals surface area contributed by atoms with Gasteiger partial charge < -0.3 is 19.8 Å². The van der Waals surface area contributed by atoms with Gasteiger partial charge in [-0.3, -0.25) is 18.6 Å². The molecule has 2 N–H and O–H groups in total. The van der Waals surface area contributed by atoms with Crippen LogP contribution in [0.1, 0.15) is 56.4 Å². The van der Waals surface area contributed by atoms with Crippen LogP contribution in [0.3, 0.4) is 0 Å². The summed E-state index contributed by atoms with van der Waals surface area (Å²) in [4.78, 5) is 49.7. The zero-order valence-corrected chi connectivity index (χ0v) is 24.4. The highest BCUT2D eigenvalue weighted by Gasteiger charge is 2.34. The van der Waals surface area contributed by atoms with E-state index < -0.39 is 26.5 Å². The smallest absolute Gasteiger partial charge is 0.467 e. The summed E-state index contributed by atoms with van der Waals surface area (Å²) in [6.07, 6.45) is -0.217. The Morgan fingerprint density at radius 3 is 2.51 bits per heavy atom. The second-order valence-corrected chi connectivity index (χ2v) is 11.4. The maximum absolute atomic E-state index is 13.8. The Bertz CT molecular complexity index is 1530. The third-order valence-electron chi connectivity index (χ3n) is 6.66. The number of benzene rings is 3. The molecule has 0 saturated carbocycles. The third kappa shape index (κ3) is 7.41. The lowest BCUT2D eigenvalue weighted by Crippen LogP contribution is -2.32. The topological polar surface area (TPSA) is 131 Å². The first-order valence-electron chi connectivity index (χ1n) is 12.8. The standard InChI is InChI=1S/C29H30ClN2O8P/c1-18-7-4-5-8-22(18)28(34)31-21-11-12-23(19(2)15-21)29(35)32-14-6-9-26(24-16-20(30)10-13-25(24)32)40-41(36,37)39-17-27(33)38-3/h4-5,7-8,10-13,15-16,26H,6,9,14,17H2,1-3H3,(H,31,34)(H,36,37). The number of hydrogen-bond acceptors (Lipinski definition) is 7. The van der Waals surface area contributed by atoms with Crippen molar-refractivity contribution >= 4 is 48.6 Å². The number of nitrogens with one attached hydrogen (secondary N) is 1. The normalized spacial score (nSPS) is 16.2. The summed E-state index contributed by atoms with van der Waals surface area (Å²) < 4.78 is 27.2. The average Bonchev–Trinajstić information content (AvgIpc) is 3.10. The van der Waals surface area contributed by atoms with Crippen LogP contribution in [0, 0.1) is 13.8 Å². The summed E-state index contributed by atoms with van der Waals surface area (Å²) in [5.41, 5.74) is 3.93. The van der Waals surface area contributed by atoms with Crippen molar-refractivity contribution in [1.29, 1.82) is 0 Å². The fraction of sp³-hybridized carbons (Fsp3) is 0.276. The molecular weight excluding hydrogens is 571 g/mol. The zero-order valence-electron chi connectivity index (χ0n) is 22.8. The molecule has 2 unspecified atom stereocenters. The van der Waals surface area contributed by atoms with Gasteiger partial charge in [-0.15, -0.1) is 0 Å². The molecule has 12 heteroatoms. The number of fused-ring (bicyclic) bond motifs is 1. The molecule has 41 heavy (non-hydrogen) atoms. The molecule has 1 aliphatic rings. The van der Waals surface area contributed by atoms with Crippen LogP contribution in [0.25, 0.3) is 0 Å². The summed E-state index contributed by atoms with van der Waals surface area (Å²) in [6, 6.07) is 17.2. The Balaban J connectivity index is 1.57. The number of anilines is 2. The molecule has 0 fully saturated rings. The van der Waals surface area contributed by atoms with E-state index in [4.69, 9.17) is 20.6 Å². The predicted molar refractivity (Wildman–Crippen MR) is 154 cm³/mol. The van der Waals surface area contributed by atoms with Crippen LogP contribution in [-0.4, -0.2) is 42.9 Å². The first-order chi connectivity index (χ1) is 19.5. The van der Waals surface area contributed by atoms with Gasteiger partial charge in [0.1, 0.15) is 0 Å². The van der Waals surface area contributed by atoms with Gasteiger partial charge in [-0.05, 0) is 80.3 Å². The number of carbonyl (C=O) groups excluding carboxylic acids is 3. The maximum atomic E-state index is 13.8. The van der Waals surface area contributed by atoms with Gasteiger partial charge in [0.25, 0.3) is 11.8 Å². The minimum atomic E-state index is -4.65. The van der Waals surface area contributed by atoms with Crippen molar-refractivity contribution < 1.29 is 37.6 Å². The number of ether oxygens (including phenoxy) is 1. The second-order valence-electron chi connectivity index (χ2n) is 9.51. The van der Waals surface area contributed by atoms with E-state index in [9.17, 15) is 23.8 Å². The van der Waals surface area contributed by atoms with Crippen LogP contribution < -0.4 is 10.2 Å². The lowest BCUT2D eigenvalue weighted by molar-refractivity contribution is -0.143. The lowest BCUT2D eigenvalue weighted by Gasteiger charge is -2.25. The van der Waals surface area contributed by atoms with E-state index in [2.05, 4.69) is 10.1 Å². The van der Waals surface area contributed by atoms with Crippen molar-refractivity contribution in [2.45, 2.75) is 32.8 Å². The molecule has 0 aromatic heterocycles. The van der Waals surface area contributed by atoms with Crippen molar-refractivity contribution in [3.8, 4) is 0 Å². The molecular formula is C29H30ClN2O8P. The largest absolute Gasteiger partial charge is 0.473 e. The summed E-state index contributed by atoms with van der Waals surface area (Å²) in [5.74, 6) is -1.37. The van der Waals surface area contributed by atoms with E-state index in [1.165, 1.54) is 0 Å². The van der Waals surface area contributed by atoms with Crippen molar-refractivity contribution in [3.05, 3.63) is 93.5 Å². The number of esters is 1. The highest BCUT2D eigenvalue weighted by molar-refractivity contribution is 7.47. The molecule has 2 atom stereocenters. The van der Waals surface area contributed by atoms with Crippen LogP contribution in [0.2, 0.25) is 5.02 Å². The molecule has 216 valence electrons. The SMILES string of the molecule is COC(=O)COP(=O)(O)OC1CCCN(C(=O)c2ccc(NC(=O)c3ccccc3C)cc2C)c2ccc(Cl)cc21. The van der Waals surface area contributed by atoms with Crippen LogP contribution >= 0.6 is 19.4 Å². The number of phosphoric acid groups is 1. The van der Waals surface area contributed by atoms with Crippen LogP contribution in [0.4, 0.5) is 11.4 Å². The minimum absolute atomic E-state index is 0.248. The van der Waals surface area contributed by atoms with Crippen molar-refractivity contribution in [2.75, 3.05) is 30.5 Å². The molecule has 0 aliphatic carbocycles. The molecule has 2 amide bonds. The van der Waals surface area contributed by atoms with E-state index in [1.54, 1.807) is 60.4 Å². The number of methoxy groups -OCH3 is 1. The fourth-order valence-corrected chi connectivity index (χ4v) is 5.65. The van der Waals surface area contributed by atoms with Crippen LogP contribution in [-0.2, 0) is 23.1 Å². The highest BCUT2D eigenvalue weighted by Crippen LogP contribution is 2.51.